The van der Waals surface area contributed by atoms with Gasteiger partial charge >= 0.3 is 0 Å². The molecular formula is C19H38N4O. The average molecular weight is 339 g/mol. The van der Waals surface area contributed by atoms with Crippen LogP contribution in [0.1, 0.15) is 52.4 Å². The van der Waals surface area contributed by atoms with Crippen molar-refractivity contribution in [1.82, 2.24) is 15.5 Å². The Bertz CT molecular complexity index is 382. The van der Waals surface area contributed by atoms with Gasteiger partial charge in [-0.05, 0) is 63.5 Å². The Morgan fingerprint density at radius 3 is 2.71 bits per heavy atom. The molecule has 0 aromatic rings. The van der Waals surface area contributed by atoms with Crippen molar-refractivity contribution in [2.24, 2.45) is 16.3 Å². The number of ether oxygens (including phenoxy) is 1. The maximum Gasteiger partial charge on any atom is 0.191 e. The molecule has 24 heavy (non-hydrogen) atoms. The van der Waals surface area contributed by atoms with Crippen LogP contribution in [0.2, 0.25) is 0 Å². The molecule has 1 unspecified atom stereocenters. The second-order valence-electron chi connectivity index (χ2n) is 7.57. The third-order valence-electron chi connectivity index (χ3n) is 5.78. The van der Waals surface area contributed by atoms with E-state index in [2.05, 4.69) is 29.4 Å². The summed E-state index contributed by atoms with van der Waals surface area (Å²) in [7, 11) is 1.80. The second kappa shape index (κ2) is 10.2. The third kappa shape index (κ3) is 5.92. The molecule has 1 aliphatic carbocycles. The zero-order chi connectivity index (χ0) is 17.3. The summed E-state index contributed by atoms with van der Waals surface area (Å²) in [5.74, 6) is 1.74. The smallest absolute Gasteiger partial charge is 0.191 e. The number of hydrogen-bond donors (Lipinski definition) is 2. The Hall–Kier alpha value is -0.810. The highest BCUT2D eigenvalue weighted by Crippen LogP contribution is 2.44. The quantitative estimate of drug-likeness (QED) is 0.501. The predicted molar refractivity (Wildman–Crippen MR) is 102 cm³/mol. The highest BCUT2D eigenvalue weighted by atomic mass is 16.5. The molecule has 0 aromatic carbocycles. The molecule has 2 aliphatic rings. The number of guanidine groups is 1. The number of rotatable bonds is 9. The molecule has 2 rings (SSSR count). The van der Waals surface area contributed by atoms with E-state index in [4.69, 9.17) is 9.73 Å². The SMILES string of the molecule is CCNC(=NCC1(CCOC)CCC1)NCC1CCCN(CC)C1. The summed E-state index contributed by atoms with van der Waals surface area (Å²) < 4.78 is 5.29. The first-order valence-corrected chi connectivity index (χ1v) is 9.95. The van der Waals surface area contributed by atoms with Gasteiger partial charge in [-0.3, -0.25) is 4.99 Å². The number of aliphatic imine (C=N–C) groups is 1. The molecule has 2 fully saturated rings. The van der Waals surface area contributed by atoms with Crippen LogP contribution in [0.3, 0.4) is 0 Å². The minimum atomic E-state index is 0.391. The molecule has 5 nitrogen and oxygen atoms in total. The molecule has 0 aromatic heterocycles. The number of methoxy groups -OCH3 is 1. The summed E-state index contributed by atoms with van der Waals surface area (Å²) in [4.78, 5) is 7.47. The molecule has 0 radical (unpaired) electrons. The van der Waals surface area contributed by atoms with Gasteiger partial charge in [-0.15, -0.1) is 0 Å². The lowest BCUT2D eigenvalue weighted by atomic mass is 9.67. The Morgan fingerprint density at radius 1 is 1.25 bits per heavy atom. The molecule has 1 saturated heterocycles. The van der Waals surface area contributed by atoms with E-state index in [0.717, 1.165) is 44.5 Å². The van der Waals surface area contributed by atoms with Crippen LogP contribution >= 0.6 is 0 Å². The number of likely N-dealkylation sites (tertiary alicyclic amines) is 1. The molecule has 140 valence electrons. The topological polar surface area (TPSA) is 48.9 Å². The molecule has 1 atom stereocenters. The summed E-state index contributed by atoms with van der Waals surface area (Å²) >= 11 is 0. The lowest BCUT2D eigenvalue weighted by Gasteiger charge is -2.41. The van der Waals surface area contributed by atoms with E-state index in [-0.39, 0.29) is 0 Å². The standard InChI is InChI=1S/C19H38N4O/c1-4-20-18(21-14-17-8-6-12-23(5-2)15-17)22-16-19(9-7-10-19)11-13-24-3/h17H,4-16H2,1-3H3,(H2,20,21,22). The van der Waals surface area contributed by atoms with Gasteiger partial charge in [-0.1, -0.05) is 13.3 Å². The summed E-state index contributed by atoms with van der Waals surface area (Å²) in [6.45, 7) is 11.8. The van der Waals surface area contributed by atoms with Crippen LogP contribution in [-0.4, -0.2) is 63.8 Å². The largest absolute Gasteiger partial charge is 0.385 e. The highest BCUT2D eigenvalue weighted by molar-refractivity contribution is 5.79. The monoisotopic (exact) mass is 338 g/mol. The van der Waals surface area contributed by atoms with Crippen LogP contribution in [0.15, 0.2) is 4.99 Å². The Kier molecular flexibility index (Phi) is 8.33. The maximum absolute atomic E-state index is 5.29. The van der Waals surface area contributed by atoms with E-state index in [0.29, 0.717) is 5.41 Å². The molecule has 2 N–H and O–H groups in total. The number of nitrogens with zero attached hydrogens (tertiary/aromatic N) is 2. The van der Waals surface area contributed by atoms with Gasteiger partial charge in [0.25, 0.3) is 0 Å². The van der Waals surface area contributed by atoms with Gasteiger partial charge < -0.3 is 20.3 Å². The van der Waals surface area contributed by atoms with Crippen LogP contribution in [0.5, 0.6) is 0 Å². The Labute approximate surface area is 148 Å². The molecular weight excluding hydrogens is 300 g/mol. The normalized spacial score (nSPS) is 24.5. The average Bonchev–Trinajstić information content (AvgIpc) is 2.58. The molecule has 1 saturated carbocycles. The molecule has 0 bridgehead atoms. The summed E-state index contributed by atoms with van der Waals surface area (Å²) in [6.07, 6.45) is 7.74. The van der Waals surface area contributed by atoms with Crippen molar-refractivity contribution >= 4 is 5.96 Å². The fraction of sp³-hybridized carbons (Fsp3) is 0.947. The number of nitrogens with one attached hydrogen (secondary N) is 2. The van der Waals surface area contributed by atoms with Gasteiger partial charge in [-0.2, -0.15) is 0 Å². The molecule has 0 amide bonds. The molecule has 1 aliphatic heterocycles. The Balaban J connectivity index is 1.81. The molecule has 5 heteroatoms. The van der Waals surface area contributed by atoms with E-state index in [1.807, 2.05) is 0 Å². The van der Waals surface area contributed by atoms with Crippen molar-refractivity contribution in [2.45, 2.75) is 52.4 Å². The molecule has 1 heterocycles. The van der Waals surface area contributed by atoms with Crippen molar-refractivity contribution in [2.75, 3.05) is 53.0 Å². The first kappa shape index (κ1) is 19.5. The van der Waals surface area contributed by atoms with Gasteiger partial charge in [0.15, 0.2) is 5.96 Å². The van der Waals surface area contributed by atoms with Crippen molar-refractivity contribution in [3.8, 4) is 0 Å². The zero-order valence-electron chi connectivity index (χ0n) is 16.1. The maximum atomic E-state index is 5.29. The lowest BCUT2D eigenvalue weighted by molar-refractivity contribution is 0.0778. The van der Waals surface area contributed by atoms with Crippen molar-refractivity contribution in [3.05, 3.63) is 0 Å². The summed E-state index contributed by atoms with van der Waals surface area (Å²) in [5.41, 5.74) is 0.391. The zero-order valence-corrected chi connectivity index (χ0v) is 16.1. The van der Waals surface area contributed by atoms with Gasteiger partial charge in [0.2, 0.25) is 0 Å². The van der Waals surface area contributed by atoms with Crippen LogP contribution in [0.25, 0.3) is 0 Å². The van der Waals surface area contributed by atoms with Crippen molar-refractivity contribution < 1.29 is 4.74 Å². The lowest BCUT2D eigenvalue weighted by Crippen LogP contribution is -2.45. The van der Waals surface area contributed by atoms with Gasteiger partial charge in [-0.25, -0.2) is 0 Å². The van der Waals surface area contributed by atoms with E-state index in [1.165, 1.54) is 51.7 Å². The van der Waals surface area contributed by atoms with Crippen LogP contribution in [0, 0.1) is 11.3 Å². The first-order chi connectivity index (χ1) is 11.7. The van der Waals surface area contributed by atoms with Gasteiger partial charge in [0.1, 0.15) is 0 Å². The summed E-state index contributed by atoms with van der Waals surface area (Å²) in [5, 5.41) is 7.01. The van der Waals surface area contributed by atoms with Gasteiger partial charge in [0, 0.05) is 39.9 Å². The van der Waals surface area contributed by atoms with E-state index < -0.39 is 0 Å². The van der Waals surface area contributed by atoms with Crippen molar-refractivity contribution in [1.29, 1.82) is 0 Å². The fourth-order valence-electron chi connectivity index (χ4n) is 3.92. The third-order valence-corrected chi connectivity index (χ3v) is 5.78. The van der Waals surface area contributed by atoms with Crippen molar-refractivity contribution in [3.63, 3.8) is 0 Å². The van der Waals surface area contributed by atoms with E-state index in [1.54, 1.807) is 7.11 Å². The van der Waals surface area contributed by atoms with Crippen LogP contribution in [0.4, 0.5) is 0 Å². The minimum absolute atomic E-state index is 0.391. The Morgan fingerprint density at radius 2 is 2.08 bits per heavy atom. The van der Waals surface area contributed by atoms with E-state index in [9.17, 15) is 0 Å². The molecule has 0 spiro atoms. The summed E-state index contributed by atoms with van der Waals surface area (Å²) in [6, 6.07) is 0. The van der Waals surface area contributed by atoms with Crippen LogP contribution in [-0.2, 0) is 4.74 Å². The highest BCUT2D eigenvalue weighted by Gasteiger charge is 2.36. The number of hydrogen-bond acceptors (Lipinski definition) is 3. The second-order valence-corrected chi connectivity index (χ2v) is 7.57. The van der Waals surface area contributed by atoms with Crippen LogP contribution < -0.4 is 10.6 Å². The van der Waals surface area contributed by atoms with E-state index >= 15 is 0 Å². The minimum Gasteiger partial charge on any atom is -0.385 e. The van der Waals surface area contributed by atoms with Gasteiger partial charge in [0.05, 0.1) is 0 Å². The number of piperidine rings is 1. The fourth-order valence-corrected chi connectivity index (χ4v) is 3.92. The first-order valence-electron chi connectivity index (χ1n) is 9.95. The predicted octanol–water partition coefficient (Wildman–Crippen LogP) is 2.48.